The fraction of sp³-hybridized carbons (Fsp3) is 0.500. The molecule has 0 radical (unpaired) electrons. The number of rotatable bonds is 5. The Bertz CT molecular complexity index is 472. The first-order chi connectivity index (χ1) is 9.22. The highest BCUT2D eigenvalue weighted by Crippen LogP contribution is 2.23. The number of nitrogens with zero attached hydrogens (tertiary/aromatic N) is 2. The van der Waals surface area contributed by atoms with Gasteiger partial charge in [-0.1, -0.05) is 0 Å². The minimum Gasteiger partial charge on any atom is -0.496 e. The lowest BCUT2D eigenvalue weighted by Gasteiger charge is -2.18. The lowest BCUT2D eigenvalue weighted by atomic mass is 10.2. The summed E-state index contributed by atoms with van der Waals surface area (Å²) in [5, 5.41) is 11.7. The van der Waals surface area contributed by atoms with Crippen LogP contribution in [0.25, 0.3) is 0 Å². The summed E-state index contributed by atoms with van der Waals surface area (Å²) in [6.07, 6.45) is 1.01. The molecule has 19 heavy (non-hydrogen) atoms. The predicted molar refractivity (Wildman–Crippen MR) is 70.2 cm³/mol. The summed E-state index contributed by atoms with van der Waals surface area (Å²) in [7, 11) is 1.60. The molecule has 0 saturated carbocycles. The number of benzene rings is 1. The van der Waals surface area contributed by atoms with E-state index in [0.717, 1.165) is 30.8 Å². The Hall–Kier alpha value is -1.64. The van der Waals surface area contributed by atoms with Crippen molar-refractivity contribution in [1.82, 2.24) is 10.2 Å². The van der Waals surface area contributed by atoms with E-state index in [0.29, 0.717) is 19.1 Å². The van der Waals surface area contributed by atoms with E-state index >= 15 is 0 Å². The third-order valence-electron chi connectivity index (χ3n) is 3.38. The van der Waals surface area contributed by atoms with Crippen LogP contribution < -0.4 is 10.1 Å². The van der Waals surface area contributed by atoms with E-state index < -0.39 is 0 Å². The zero-order valence-corrected chi connectivity index (χ0v) is 11.0. The average molecular weight is 263 g/mol. The van der Waals surface area contributed by atoms with Crippen LogP contribution in [0.4, 0.5) is 4.39 Å². The SMILES string of the molecule is COc1ccc(F)cc1CN1CCC(NCC#N)C1. The molecule has 2 rings (SSSR count). The molecule has 0 amide bonds. The first-order valence-electron chi connectivity index (χ1n) is 6.38. The van der Waals surface area contributed by atoms with Crippen LogP contribution in [0.2, 0.25) is 0 Å². The first kappa shape index (κ1) is 13.8. The van der Waals surface area contributed by atoms with Crippen molar-refractivity contribution < 1.29 is 9.13 Å². The van der Waals surface area contributed by atoms with E-state index in [2.05, 4.69) is 16.3 Å². The average Bonchev–Trinajstić information content (AvgIpc) is 2.84. The number of nitrogens with one attached hydrogen (secondary N) is 1. The molecule has 1 N–H and O–H groups in total. The van der Waals surface area contributed by atoms with Gasteiger partial charge in [-0.3, -0.25) is 4.90 Å². The molecule has 1 unspecified atom stereocenters. The second-order valence-corrected chi connectivity index (χ2v) is 4.72. The summed E-state index contributed by atoms with van der Waals surface area (Å²) < 4.78 is 18.5. The van der Waals surface area contributed by atoms with Crippen molar-refractivity contribution in [2.75, 3.05) is 26.7 Å². The molecule has 1 heterocycles. The third-order valence-corrected chi connectivity index (χ3v) is 3.38. The van der Waals surface area contributed by atoms with Gasteiger partial charge in [0.2, 0.25) is 0 Å². The quantitative estimate of drug-likeness (QED) is 0.818. The van der Waals surface area contributed by atoms with Gasteiger partial charge in [-0.05, 0) is 24.6 Å². The van der Waals surface area contributed by atoms with E-state index in [9.17, 15) is 4.39 Å². The Morgan fingerprint density at radius 2 is 2.42 bits per heavy atom. The molecule has 0 spiro atoms. The number of hydrogen-bond donors (Lipinski definition) is 1. The molecule has 1 aliphatic rings. The van der Waals surface area contributed by atoms with E-state index in [1.54, 1.807) is 13.2 Å². The van der Waals surface area contributed by atoms with E-state index in [1.807, 2.05) is 0 Å². The molecule has 0 bridgehead atoms. The molecular weight excluding hydrogens is 245 g/mol. The number of methoxy groups -OCH3 is 1. The van der Waals surface area contributed by atoms with Gasteiger partial charge in [0.25, 0.3) is 0 Å². The summed E-state index contributed by atoms with van der Waals surface area (Å²) in [6, 6.07) is 7.02. The topological polar surface area (TPSA) is 48.3 Å². The lowest BCUT2D eigenvalue weighted by Crippen LogP contribution is -2.32. The molecule has 1 aromatic rings. The highest BCUT2D eigenvalue weighted by molar-refractivity contribution is 5.33. The van der Waals surface area contributed by atoms with Gasteiger partial charge in [-0.15, -0.1) is 0 Å². The maximum atomic E-state index is 13.3. The molecule has 0 aromatic heterocycles. The minimum absolute atomic E-state index is 0.242. The Labute approximate surface area is 112 Å². The van der Waals surface area contributed by atoms with Crippen LogP contribution in [-0.2, 0) is 6.54 Å². The smallest absolute Gasteiger partial charge is 0.123 e. The molecule has 1 saturated heterocycles. The second kappa shape index (κ2) is 6.50. The van der Waals surface area contributed by atoms with E-state index in [-0.39, 0.29) is 5.82 Å². The van der Waals surface area contributed by atoms with Gasteiger partial charge in [-0.25, -0.2) is 4.39 Å². The predicted octanol–water partition coefficient (Wildman–Crippen LogP) is 1.52. The summed E-state index contributed by atoms with van der Waals surface area (Å²) in [4.78, 5) is 2.24. The molecular formula is C14H18FN3O. The van der Waals surface area contributed by atoms with Crippen molar-refractivity contribution in [2.45, 2.75) is 19.0 Å². The number of hydrogen-bond acceptors (Lipinski definition) is 4. The van der Waals surface area contributed by atoms with Crippen molar-refractivity contribution in [3.63, 3.8) is 0 Å². The fourth-order valence-electron chi connectivity index (χ4n) is 2.44. The first-order valence-corrected chi connectivity index (χ1v) is 6.38. The Morgan fingerprint density at radius 3 is 3.16 bits per heavy atom. The highest BCUT2D eigenvalue weighted by Gasteiger charge is 2.22. The van der Waals surface area contributed by atoms with Crippen molar-refractivity contribution >= 4 is 0 Å². The number of ether oxygens (including phenoxy) is 1. The fourth-order valence-corrected chi connectivity index (χ4v) is 2.44. The van der Waals surface area contributed by atoms with Crippen LogP contribution >= 0.6 is 0 Å². The van der Waals surface area contributed by atoms with Crippen LogP contribution in [0.1, 0.15) is 12.0 Å². The largest absolute Gasteiger partial charge is 0.496 e. The molecule has 1 atom stereocenters. The lowest BCUT2D eigenvalue weighted by molar-refractivity contribution is 0.311. The van der Waals surface area contributed by atoms with E-state index in [1.165, 1.54) is 12.1 Å². The maximum Gasteiger partial charge on any atom is 0.123 e. The van der Waals surface area contributed by atoms with Crippen molar-refractivity contribution in [1.29, 1.82) is 5.26 Å². The van der Waals surface area contributed by atoms with Gasteiger partial charge in [-0.2, -0.15) is 5.26 Å². The molecule has 4 nitrogen and oxygen atoms in total. The van der Waals surface area contributed by atoms with Gasteiger partial charge in [0.05, 0.1) is 19.7 Å². The van der Waals surface area contributed by atoms with Gasteiger partial charge >= 0.3 is 0 Å². The maximum absolute atomic E-state index is 13.3. The Balaban J connectivity index is 1.95. The molecule has 0 aliphatic carbocycles. The van der Waals surface area contributed by atoms with Gasteiger partial charge in [0.15, 0.2) is 0 Å². The van der Waals surface area contributed by atoms with Crippen LogP contribution in [0, 0.1) is 17.1 Å². The normalized spacial score (nSPS) is 19.3. The Kier molecular flexibility index (Phi) is 4.72. The van der Waals surface area contributed by atoms with Crippen molar-refractivity contribution in [3.8, 4) is 11.8 Å². The summed E-state index contributed by atoms with van der Waals surface area (Å²) in [5.74, 6) is 0.476. The Morgan fingerprint density at radius 1 is 1.58 bits per heavy atom. The standard InChI is InChI=1S/C14H18FN3O/c1-19-14-3-2-12(15)8-11(14)9-18-7-4-13(10-18)17-6-5-16/h2-3,8,13,17H,4,6-7,9-10H2,1H3. The minimum atomic E-state index is -0.242. The van der Waals surface area contributed by atoms with Crippen LogP contribution in [0.5, 0.6) is 5.75 Å². The number of halogens is 1. The van der Waals surface area contributed by atoms with Gasteiger partial charge in [0.1, 0.15) is 11.6 Å². The summed E-state index contributed by atoms with van der Waals surface area (Å²) in [6.45, 7) is 2.87. The zero-order valence-electron chi connectivity index (χ0n) is 11.0. The highest BCUT2D eigenvalue weighted by atomic mass is 19.1. The molecule has 1 aromatic carbocycles. The summed E-state index contributed by atoms with van der Waals surface area (Å²) in [5.41, 5.74) is 0.864. The van der Waals surface area contributed by atoms with Crippen LogP contribution in [-0.4, -0.2) is 37.7 Å². The van der Waals surface area contributed by atoms with E-state index in [4.69, 9.17) is 10.00 Å². The summed E-state index contributed by atoms with van der Waals surface area (Å²) >= 11 is 0. The van der Waals surface area contributed by atoms with Crippen molar-refractivity contribution in [2.24, 2.45) is 0 Å². The second-order valence-electron chi connectivity index (χ2n) is 4.72. The molecule has 1 aliphatic heterocycles. The van der Waals surface area contributed by atoms with Gasteiger partial charge in [0, 0.05) is 31.2 Å². The van der Waals surface area contributed by atoms with Crippen molar-refractivity contribution in [3.05, 3.63) is 29.6 Å². The van der Waals surface area contributed by atoms with Gasteiger partial charge < -0.3 is 10.1 Å². The zero-order chi connectivity index (χ0) is 13.7. The monoisotopic (exact) mass is 263 g/mol. The molecule has 1 fully saturated rings. The third kappa shape index (κ3) is 3.66. The number of likely N-dealkylation sites (tertiary alicyclic amines) is 1. The molecule has 102 valence electrons. The van der Waals surface area contributed by atoms with Crippen LogP contribution in [0.15, 0.2) is 18.2 Å². The number of nitriles is 1. The molecule has 5 heteroatoms. The van der Waals surface area contributed by atoms with Crippen LogP contribution in [0.3, 0.4) is 0 Å².